The van der Waals surface area contributed by atoms with E-state index in [1.807, 2.05) is 41.1 Å². The monoisotopic (exact) mass is 362 g/mol. The van der Waals surface area contributed by atoms with Gasteiger partial charge in [-0.25, -0.2) is 14.4 Å². The van der Waals surface area contributed by atoms with Crippen molar-refractivity contribution in [2.45, 2.75) is 0 Å². The van der Waals surface area contributed by atoms with Gasteiger partial charge in [-0.1, -0.05) is 24.3 Å². The summed E-state index contributed by atoms with van der Waals surface area (Å²) >= 11 is 0. The van der Waals surface area contributed by atoms with Crippen LogP contribution in [0.2, 0.25) is 0 Å². The lowest BCUT2D eigenvalue weighted by molar-refractivity contribution is -0.118. The smallest absolute Gasteiger partial charge is 0.262 e. The normalized spacial score (nSPS) is 10.7. The van der Waals surface area contributed by atoms with Crippen molar-refractivity contribution >= 4 is 17.4 Å². The molecule has 2 aromatic carbocycles. The number of benzene rings is 2. The van der Waals surface area contributed by atoms with Gasteiger partial charge in [-0.15, -0.1) is 0 Å². The van der Waals surface area contributed by atoms with Gasteiger partial charge in [-0.3, -0.25) is 9.20 Å². The van der Waals surface area contributed by atoms with Crippen LogP contribution < -0.4 is 10.1 Å². The number of hydrogen-bond donors (Lipinski definition) is 1. The number of amides is 1. The Morgan fingerprint density at radius 3 is 2.89 bits per heavy atom. The third-order valence-electron chi connectivity index (χ3n) is 3.87. The quantitative estimate of drug-likeness (QED) is 0.589. The predicted molar refractivity (Wildman–Crippen MR) is 98.9 cm³/mol. The molecule has 2 heterocycles. The van der Waals surface area contributed by atoms with E-state index in [1.165, 1.54) is 12.1 Å². The van der Waals surface area contributed by atoms with Gasteiger partial charge in [0.15, 0.2) is 18.2 Å². The number of ether oxygens (including phenoxy) is 1. The highest BCUT2D eigenvalue weighted by Gasteiger charge is 2.09. The molecule has 6 nitrogen and oxygen atoms in total. The molecule has 4 rings (SSSR count). The second-order valence-corrected chi connectivity index (χ2v) is 5.80. The number of hydrogen-bond acceptors (Lipinski definition) is 4. The zero-order valence-electron chi connectivity index (χ0n) is 14.2. The molecule has 27 heavy (non-hydrogen) atoms. The number of carbonyl (C=O) groups is 1. The number of imidazole rings is 1. The van der Waals surface area contributed by atoms with Gasteiger partial charge in [-0.2, -0.15) is 0 Å². The summed E-state index contributed by atoms with van der Waals surface area (Å²) < 4.78 is 20.6. The van der Waals surface area contributed by atoms with Gasteiger partial charge in [0.05, 0.1) is 5.69 Å². The molecule has 0 fully saturated rings. The minimum atomic E-state index is -0.507. The zero-order chi connectivity index (χ0) is 18.6. The second-order valence-electron chi connectivity index (χ2n) is 5.80. The number of nitrogens with one attached hydrogen (secondary N) is 1. The van der Waals surface area contributed by atoms with E-state index in [9.17, 15) is 9.18 Å². The largest absolute Gasteiger partial charge is 0.481 e. The Morgan fingerprint density at radius 1 is 1.15 bits per heavy atom. The fraction of sp³-hybridized carbons (Fsp3) is 0.0500. The molecule has 7 heteroatoms. The van der Waals surface area contributed by atoms with Crippen molar-refractivity contribution < 1.29 is 13.9 Å². The average molecular weight is 362 g/mol. The van der Waals surface area contributed by atoms with Crippen molar-refractivity contribution in [2.24, 2.45) is 0 Å². The summed E-state index contributed by atoms with van der Waals surface area (Å²) in [5, 5.41) is 2.74. The van der Waals surface area contributed by atoms with Crippen LogP contribution >= 0.6 is 0 Å². The average Bonchev–Trinajstić information content (AvgIpc) is 3.12. The number of nitrogens with zero attached hydrogens (tertiary/aromatic N) is 3. The van der Waals surface area contributed by atoms with E-state index in [4.69, 9.17) is 4.74 Å². The van der Waals surface area contributed by atoms with Gasteiger partial charge in [0, 0.05) is 29.8 Å². The second kappa shape index (κ2) is 7.25. The van der Waals surface area contributed by atoms with Gasteiger partial charge in [0.2, 0.25) is 5.78 Å². The molecule has 0 spiro atoms. The summed E-state index contributed by atoms with van der Waals surface area (Å²) in [7, 11) is 0. The summed E-state index contributed by atoms with van der Waals surface area (Å²) in [5.74, 6) is -0.251. The van der Waals surface area contributed by atoms with E-state index >= 15 is 0 Å². The Labute approximate surface area is 154 Å². The molecule has 134 valence electrons. The van der Waals surface area contributed by atoms with Crippen LogP contribution in [0.3, 0.4) is 0 Å². The summed E-state index contributed by atoms with van der Waals surface area (Å²) in [6, 6.07) is 15.1. The molecule has 0 aliphatic carbocycles. The highest BCUT2D eigenvalue weighted by Crippen LogP contribution is 2.22. The lowest BCUT2D eigenvalue weighted by Crippen LogP contribution is -2.20. The van der Waals surface area contributed by atoms with Gasteiger partial charge in [0.1, 0.15) is 0 Å². The molecule has 4 aromatic rings. The van der Waals surface area contributed by atoms with Crippen LogP contribution in [0.4, 0.5) is 10.1 Å². The van der Waals surface area contributed by atoms with E-state index in [2.05, 4.69) is 15.3 Å². The third-order valence-corrected chi connectivity index (χ3v) is 3.87. The Morgan fingerprint density at radius 2 is 2.04 bits per heavy atom. The van der Waals surface area contributed by atoms with Gasteiger partial charge in [-0.05, 0) is 30.3 Å². The molecular weight excluding hydrogens is 347 g/mol. The van der Waals surface area contributed by atoms with Crippen molar-refractivity contribution in [3.05, 3.63) is 79.0 Å². The molecule has 0 saturated heterocycles. The minimum absolute atomic E-state index is 0.0404. The van der Waals surface area contributed by atoms with Gasteiger partial charge in [0.25, 0.3) is 5.91 Å². The van der Waals surface area contributed by atoms with Crippen molar-refractivity contribution in [1.82, 2.24) is 14.4 Å². The number of halogens is 1. The Hall–Kier alpha value is -3.74. The number of aromatic nitrogens is 3. The maximum absolute atomic E-state index is 13.5. The number of carbonyl (C=O) groups excluding carboxylic acids is 1. The van der Waals surface area contributed by atoms with E-state index in [-0.39, 0.29) is 18.3 Å². The van der Waals surface area contributed by atoms with Crippen LogP contribution in [-0.2, 0) is 4.79 Å². The standard InChI is InChI=1S/C20H15FN4O2/c21-16-7-1-2-8-18(16)27-13-19(26)23-15-6-3-5-14(11-15)17-12-25-10-4-9-22-20(25)24-17/h1-12H,13H2,(H,23,26). The Kier molecular flexibility index (Phi) is 4.49. The highest BCUT2D eigenvalue weighted by molar-refractivity contribution is 5.92. The number of anilines is 1. The molecule has 0 unspecified atom stereocenters. The highest BCUT2D eigenvalue weighted by atomic mass is 19.1. The Bertz CT molecular complexity index is 1080. The lowest BCUT2D eigenvalue weighted by Gasteiger charge is -2.09. The number of fused-ring (bicyclic) bond motifs is 1. The van der Waals surface area contributed by atoms with Crippen LogP contribution in [0, 0.1) is 5.82 Å². The third kappa shape index (κ3) is 3.77. The van der Waals surface area contributed by atoms with Crippen molar-refractivity contribution in [3.8, 4) is 17.0 Å². The summed E-state index contributed by atoms with van der Waals surface area (Å²) in [4.78, 5) is 20.8. The molecule has 0 atom stereocenters. The molecular formula is C20H15FN4O2. The minimum Gasteiger partial charge on any atom is -0.481 e. The topological polar surface area (TPSA) is 68.5 Å². The molecule has 0 aliphatic rings. The SMILES string of the molecule is O=C(COc1ccccc1F)Nc1cccc(-c2cn3cccnc3n2)c1. The Balaban J connectivity index is 1.46. The lowest BCUT2D eigenvalue weighted by atomic mass is 10.1. The summed E-state index contributed by atoms with van der Waals surface area (Å²) in [6.07, 6.45) is 5.41. The molecule has 2 aromatic heterocycles. The summed E-state index contributed by atoms with van der Waals surface area (Å²) in [6.45, 7) is -0.288. The molecule has 0 aliphatic heterocycles. The molecule has 1 N–H and O–H groups in total. The maximum atomic E-state index is 13.5. The van der Waals surface area contributed by atoms with Crippen molar-refractivity contribution in [1.29, 1.82) is 0 Å². The van der Waals surface area contributed by atoms with E-state index in [0.717, 1.165) is 11.3 Å². The first-order chi connectivity index (χ1) is 13.2. The molecule has 0 saturated carbocycles. The molecule has 1 amide bonds. The van der Waals surface area contributed by atoms with Crippen LogP contribution in [0.25, 0.3) is 17.0 Å². The zero-order valence-corrected chi connectivity index (χ0v) is 14.2. The first kappa shape index (κ1) is 16.7. The van der Waals surface area contributed by atoms with Crippen LogP contribution in [0.5, 0.6) is 5.75 Å². The molecule has 0 radical (unpaired) electrons. The number of rotatable bonds is 5. The molecule has 0 bridgehead atoms. The maximum Gasteiger partial charge on any atom is 0.262 e. The van der Waals surface area contributed by atoms with Gasteiger partial charge < -0.3 is 10.1 Å². The van der Waals surface area contributed by atoms with Gasteiger partial charge >= 0.3 is 0 Å². The van der Waals surface area contributed by atoms with Crippen LogP contribution in [0.1, 0.15) is 0 Å². The fourth-order valence-corrected chi connectivity index (χ4v) is 2.63. The van der Waals surface area contributed by atoms with Crippen LogP contribution in [-0.4, -0.2) is 26.9 Å². The van der Waals surface area contributed by atoms with Crippen molar-refractivity contribution in [2.75, 3.05) is 11.9 Å². The van der Waals surface area contributed by atoms with Crippen molar-refractivity contribution in [3.63, 3.8) is 0 Å². The van der Waals surface area contributed by atoms with E-state index in [0.29, 0.717) is 11.5 Å². The van der Waals surface area contributed by atoms with E-state index in [1.54, 1.807) is 24.4 Å². The fourth-order valence-electron chi connectivity index (χ4n) is 2.63. The summed E-state index contributed by atoms with van der Waals surface area (Å²) in [5.41, 5.74) is 2.18. The number of para-hydroxylation sites is 1. The first-order valence-corrected chi connectivity index (χ1v) is 8.26. The van der Waals surface area contributed by atoms with E-state index < -0.39 is 5.82 Å². The predicted octanol–water partition coefficient (Wildman–Crippen LogP) is 3.55. The first-order valence-electron chi connectivity index (χ1n) is 8.26. The van der Waals surface area contributed by atoms with Crippen LogP contribution in [0.15, 0.2) is 73.2 Å².